The van der Waals surface area contributed by atoms with Gasteiger partial charge in [-0.25, -0.2) is 8.42 Å². The van der Waals surface area contributed by atoms with Gasteiger partial charge in [0.25, 0.3) is 0 Å². The van der Waals surface area contributed by atoms with Crippen molar-refractivity contribution in [2.45, 2.75) is 6.92 Å². The molecule has 18 heavy (non-hydrogen) atoms. The molecule has 1 rings (SSSR count). The summed E-state index contributed by atoms with van der Waals surface area (Å²) in [6.45, 7) is 1.97. The second-order valence-electron chi connectivity index (χ2n) is 3.72. The van der Waals surface area contributed by atoms with Crippen LogP contribution in [0.1, 0.15) is 12.5 Å². The minimum absolute atomic E-state index is 0.0901. The molecule has 0 heterocycles. The zero-order valence-corrected chi connectivity index (χ0v) is 13.2. The summed E-state index contributed by atoms with van der Waals surface area (Å²) in [6.07, 6.45) is 0. The van der Waals surface area contributed by atoms with Crippen LogP contribution in [-0.2, 0) is 9.84 Å². The minimum atomic E-state index is -2.97. The van der Waals surface area contributed by atoms with Gasteiger partial charge in [-0.15, -0.1) is 0 Å². The summed E-state index contributed by atoms with van der Waals surface area (Å²) >= 11 is 8.29. The lowest BCUT2D eigenvalue weighted by Crippen LogP contribution is -2.19. The van der Waals surface area contributed by atoms with Crippen LogP contribution < -0.4 is 11.1 Å². The highest BCUT2D eigenvalue weighted by Crippen LogP contribution is 2.21. The molecule has 1 aromatic rings. The van der Waals surface area contributed by atoms with Crippen LogP contribution in [0.2, 0.25) is 0 Å². The third kappa shape index (κ3) is 4.55. The molecule has 7 heteroatoms. The van der Waals surface area contributed by atoms with Crippen molar-refractivity contribution in [2.24, 2.45) is 5.73 Å². The highest BCUT2D eigenvalue weighted by Gasteiger charge is 2.09. The molecular formula is C11H15BrN2O2S2. The average molecular weight is 351 g/mol. The SMILES string of the molecule is CCS(=O)(=O)CCNc1cc(Br)ccc1C(N)=S. The Hall–Kier alpha value is -0.660. The Labute approximate surface area is 121 Å². The molecular weight excluding hydrogens is 336 g/mol. The van der Waals surface area contributed by atoms with Crippen molar-refractivity contribution in [3.8, 4) is 0 Å². The molecule has 0 radical (unpaired) electrons. The van der Waals surface area contributed by atoms with Gasteiger partial charge in [0.2, 0.25) is 0 Å². The number of benzene rings is 1. The van der Waals surface area contributed by atoms with Gasteiger partial charge in [0.1, 0.15) is 4.99 Å². The van der Waals surface area contributed by atoms with Gasteiger partial charge >= 0.3 is 0 Å². The Kier molecular flexibility index (Phi) is 5.55. The molecule has 4 nitrogen and oxygen atoms in total. The molecule has 0 aromatic heterocycles. The van der Waals surface area contributed by atoms with Gasteiger partial charge in [-0.3, -0.25) is 0 Å². The Morgan fingerprint density at radius 3 is 2.72 bits per heavy atom. The highest BCUT2D eigenvalue weighted by molar-refractivity contribution is 9.10. The molecule has 3 N–H and O–H groups in total. The van der Waals surface area contributed by atoms with Crippen molar-refractivity contribution < 1.29 is 8.42 Å². The van der Waals surface area contributed by atoms with Crippen LogP contribution in [0.3, 0.4) is 0 Å². The summed E-state index contributed by atoms with van der Waals surface area (Å²) in [4.78, 5) is 0.281. The van der Waals surface area contributed by atoms with E-state index < -0.39 is 9.84 Å². The summed E-state index contributed by atoms with van der Waals surface area (Å²) in [5, 5.41) is 3.05. The fourth-order valence-corrected chi connectivity index (χ4v) is 2.60. The van der Waals surface area contributed by atoms with Crippen molar-refractivity contribution in [3.05, 3.63) is 28.2 Å². The molecule has 0 unspecified atom stereocenters. The average Bonchev–Trinajstić information content (AvgIpc) is 2.28. The second kappa shape index (κ2) is 6.49. The van der Waals surface area contributed by atoms with E-state index in [1.165, 1.54) is 0 Å². The lowest BCUT2D eigenvalue weighted by Gasteiger charge is -2.11. The molecule has 100 valence electrons. The Bertz CT molecular complexity index is 544. The van der Waals surface area contributed by atoms with E-state index in [2.05, 4.69) is 21.2 Å². The first-order valence-corrected chi connectivity index (χ1v) is 8.41. The molecule has 0 fully saturated rings. The van der Waals surface area contributed by atoms with E-state index in [-0.39, 0.29) is 16.5 Å². The van der Waals surface area contributed by atoms with Gasteiger partial charge in [-0.2, -0.15) is 0 Å². The van der Waals surface area contributed by atoms with Gasteiger partial charge in [-0.1, -0.05) is 35.1 Å². The Balaban J connectivity index is 2.78. The van der Waals surface area contributed by atoms with E-state index in [9.17, 15) is 8.42 Å². The molecule has 0 bridgehead atoms. The van der Waals surface area contributed by atoms with E-state index in [1.54, 1.807) is 13.0 Å². The normalized spacial score (nSPS) is 11.2. The molecule has 0 aliphatic carbocycles. The summed E-state index contributed by atoms with van der Waals surface area (Å²) in [7, 11) is -2.97. The number of sulfone groups is 1. The molecule has 0 aliphatic rings. The molecule has 0 aliphatic heterocycles. The zero-order valence-electron chi connectivity index (χ0n) is 9.94. The number of anilines is 1. The van der Waals surface area contributed by atoms with Crippen LogP contribution in [0.25, 0.3) is 0 Å². The number of hydrogen-bond donors (Lipinski definition) is 2. The van der Waals surface area contributed by atoms with Gasteiger partial charge in [0.05, 0.1) is 5.75 Å². The zero-order chi connectivity index (χ0) is 13.8. The lowest BCUT2D eigenvalue weighted by molar-refractivity contribution is 0.597. The van der Waals surface area contributed by atoms with Crippen LogP contribution in [0.5, 0.6) is 0 Å². The van der Waals surface area contributed by atoms with E-state index in [4.69, 9.17) is 18.0 Å². The Morgan fingerprint density at radius 2 is 2.17 bits per heavy atom. The minimum Gasteiger partial charge on any atom is -0.389 e. The quantitative estimate of drug-likeness (QED) is 0.767. The largest absolute Gasteiger partial charge is 0.389 e. The van der Waals surface area contributed by atoms with E-state index >= 15 is 0 Å². The first-order chi connectivity index (χ1) is 8.35. The maximum Gasteiger partial charge on any atom is 0.151 e. The topological polar surface area (TPSA) is 72.2 Å². The van der Waals surface area contributed by atoms with Crippen LogP contribution in [0.4, 0.5) is 5.69 Å². The predicted octanol–water partition coefficient (Wildman–Crippen LogP) is 1.93. The monoisotopic (exact) mass is 350 g/mol. The standard InChI is InChI=1S/C11H15BrN2O2S2/c1-2-18(15,16)6-5-14-10-7-8(12)3-4-9(10)11(13)17/h3-4,7,14H,2,5-6H2,1H3,(H2,13,17). The smallest absolute Gasteiger partial charge is 0.151 e. The van der Waals surface area contributed by atoms with Gasteiger partial charge in [0, 0.05) is 28.0 Å². The number of rotatable bonds is 6. The second-order valence-corrected chi connectivity index (χ2v) is 7.55. The van der Waals surface area contributed by atoms with Crippen LogP contribution in [0.15, 0.2) is 22.7 Å². The number of nitrogens with one attached hydrogen (secondary N) is 1. The van der Waals surface area contributed by atoms with Gasteiger partial charge in [0.15, 0.2) is 9.84 Å². The van der Waals surface area contributed by atoms with Crippen LogP contribution in [0, 0.1) is 0 Å². The fourth-order valence-electron chi connectivity index (χ4n) is 1.36. The predicted molar refractivity (Wildman–Crippen MR) is 82.8 cm³/mol. The first kappa shape index (κ1) is 15.4. The fraction of sp³-hybridized carbons (Fsp3) is 0.364. The van der Waals surface area contributed by atoms with E-state index in [0.717, 1.165) is 10.2 Å². The third-order valence-corrected chi connectivity index (χ3v) is 4.83. The van der Waals surface area contributed by atoms with Crippen LogP contribution >= 0.6 is 28.1 Å². The number of nitrogens with two attached hydrogens (primary N) is 1. The van der Waals surface area contributed by atoms with Crippen molar-refractivity contribution in [2.75, 3.05) is 23.4 Å². The van der Waals surface area contributed by atoms with Crippen molar-refractivity contribution >= 4 is 48.7 Å². The summed E-state index contributed by atoms with van der Waals surface area (Å²) in [5.41, 5.74) is 7.06. The number of thiocarbonyl (C=S) groups is 1. The first-order valence-electron chi connectivity index (χ1n) is 5.39. The highest BCUT2D eigenvalue weighted by atomic mass is 79.9. The van der Waals surface area contributed by atoms with Crippen molar-refractivity contribution in [1.29, 1.82) is 0 Å². The van der Waals surface area contributed by atoms with E-state index in [1.807, 2.05) is 12.1 Å². The lowest BCUT2D eigenvalue weighted by atomic mass is 10.2. The Morgan fingerprint density at radius 1 is 1.50 bits per heavy atom. The molecule has 0 spiro atoms. The molecule has 0 saturated heterocycles. The van der Waals surface area contributed by atoms with Gasteiger partial charge < -0.3 is 11.1 Å². The molecule has 0 atom stereocenters. The van der Waals surface area contributed by atoms with Crippen molar-refractivity contribution in [3.63, 3.8) is 0 Å². The molecule has 0 saturated carbocycles. The summed E-state index contributed by atoms with van der Waals surface area (Å²) < 4.78 is 23.6. The number of halogens is 1. The van der Waals surface area contributed by atoms with Gasteiger partial charge in [-0.05, 0) is 18.2 Å². The summed E-state index contributed by atoms with van der Waals surface area (Å²) in [6, 6.07) is 5.46. The maximum atomic E-state index is 11.4. The molecule has 0 amide bonds. The van der Waals surface area contributed by atoms with Crippen LogP contribution in [-0.4, -0.2) is 31.5 Å². The number of hydrogen-bond acceptors (Lipinski definition) is 4. The molecule has 1 aromatic carbocycles. The maximum absolute atomic E-state index is 11.4. The van der Waals surface area contributed by atoms with Crippen molar-refractivity contribution in [1.82, 2.24) is 0 Å². The summed E-state index contributed by atoms with van der Waals surface area (Å²) in [5.74, 6) is 0.238. The third-order valence-electron chi connectivity index (χ3n) is 2.42. The van der Waals surface area contributed by atoms with E-state index in [0.29, 0.717) is 12.1 Å².